The van der Waals surface area contributed by atoms with E-state index in [0.717, 1.165) is 18.9 Å². The summed E-state index contributed by atoms with van der Waals surface area (Å²) in [5.74, 6) is -1.05. The number of benzene rings is 1. The van der Waals surface area contributed by atoms with Crippen molar-refractivity contribution >= 4 is 11.9 Å². The van der Waals surface area contributed by atoms with Gasteiger partial charge < -0.3 is 24.6 Å². The number of carboxylic acids is 2. The summed E-state index contributed by atoms with van der Waals surface area (Å²) in [6.07, 6.45) is 2.43. The first-order valence-electron chi connectivity index (χ1n) is 8.28. The molecule has 1 heterocycles. The second-order valence-electron chi connectivity index (χ2n) is 5.82. The molecule has 0 aromatic heterocycles. The molecule has 0 bridgehead atoms. The molecule has 7 nitrogen and oxygen atoms in total. The minimum atomic E-state index is -1.26. The van der Waals surface area contributed by atoms with E-state index < -0.39 is 11.9 Å². The highest BCUT2D eigenvalue weighted by Crippen LogP contribution is 2.28. The molecule has 1 aliphatic rings. The van der Waals surface area contributed by atoms with Gasteiger partial charge in [-0.1, -0.05) is 12.1 Å². The van der Waals surface area contributed by atoms with E-state index in [4.69, 9.17) is 14.6 Å². The molecule has 1 atom stereocenters. The average molecular weight is 349 g/mol. The number of likely N-dealkylation sites (tertiary alicyclic amines) is 1. The van der Waals surface area contributed by atoms with Gasteiger partial charge in [-0.25, -0.2) is 9.59 Å². The summed E-state index contributed by atoms with van der Waals surface area (Å²) < 4.78 is 11.4. The van der Waals surface area contributed by atoms with Gasteiger partial charge in [0.2, 0.25) is 0 Å². The first-order valence-corrected chi connectivity index (χ1v) is 8.28. The Kier molecular flexibility index (Phi) is 6.68. The summed E-state index contributed by atoms with van der Waals surface area (Å²) in [5.41, 5.74) is -0.188. The molecule has 0 radical (unpaired) electrons. The molecule has 0 amide bonds. The molecule has 0 aliphatic carbocycles. The van der Waals surface area contributed by atoms with Gasteiger partial charge in [-0.2, -0.15) is 0 Å². The fourth-order valence-electron chi connectivity index (χ4n) is 2.88. The summed E-state index contributed by atoms with van der Waals surface area (Å²) in [5, 5.41) is 18.1. The Morgan fingerprint density at radius 1 is 1.24 bits per heavy atom. The molecule has 1 aromatic carbocycles. The molecule has 1 fully saturated rings. The monoisotopic (exact) mass is 349 g/mol. The smallest absolute Gasteiger partial charge is 0.352 e. The summed E-state index contributed by atoms with van der Waals surface area (Å²) in [6.45, 7) is 3.83. The zero-order chi connectivity index (χ0) is 18.2. The number of aliphatic carboxylic acids is 2. The van der Waals surface area contributed by atoms with E-state index in [2.05, 4.69) is 0 Å². The number of piperidine rings is 1. The SMILES string of the molecule is CCOc1ccccc1OC[C@H]1CCCN(/C(=C\C(=O)O)C(=O)O)C1. The van der Waals surface area contributed by atoms with Crippen molar-refractivity contribution in [3.05, 3.63) is 36.0 Å². The van der Waals surface area contributed by atoms with E-state index in [1.54, 1.807) is 4.90 Å². The van der Waals surface area contributed by atoms with Crippen molar-refractivity contribution in [2.45, 2.75) is 19.8 Å². The van der Waals surface area contributed by atoms with Gasteiger partial charge in [-0.05, 0) is 31.9 Å². The van der Waals surface area contributed by atoms with Crippen LogP contribution in [0.3, 0.4) is 0 Å². The summed E-state index contributed by atoms with van der Waals surface area (Å²) in [7, 11) is 0. The maximum atomic E-state index is 11.3. The van der Waals surface area contributed by atoms with Crippen LogP contribution in [0.2, 0.25) is 0 Å². The summed E-state index contributed by atoms with van der Waals surface area (Å²) >= 11 is 0. The van der Waals surface area contributed by atoms with Crippen LogP contribution in [0.4, 0.5) is 0 Å². The van der Waals surface area contributed by atoms with E-state index in [0.29, 0.717) is 37.8 Å². The minimum absolute atomic E-state index is 0.111. The molecule has 136 valence electrons. The maximum absolute atomic E-state index is 11.3. The Morgan fingerprint density at radius 3 is 2.52 bits per heavy atom. The molecule has 2 N–H and O–H groups in total. The van der Waals surface area contributed by atoms with E-state index in [1.807, 2.05) is 31.2 Å². The van der Waals surface area contributed by atoms with Gasteiger partial charge in [-0.15, -0.1) is 0 Å². The number of rotatable bonds is 8. The fourth-order valence-corrected chi connectivity index (χ4v) is 2.88. The molecule has 0 saturated carbocycles. The summed E-state index contributed by atoms with van der Waals surface area (Å²) in [6, 6.07) is 7.40. The number of ether oxygens (including phenoxy) is 2. The largest absolute Gasteiger partial charge is 0.490 e. The van der Waals surface area contributed by atoms with Crippen molar-refractivity contribution in [1.82, 2.24) is 4.90 Å². The molecular formula is C18H23NO6. The molecule has 25 heavy (non-hydrogen) atoms. The van der Waals surface area contributed by atoms with Crippen LogP contribution in [0.15, 0.2) is 36.0 Å². The molecule has 1 aliphatic heterocycles. The van der Waals surface area contributed by atoms with Gasteiger partial charge >= 0.3 is 11.9 Å². The van der Waals surface area contributed by atoms with Crippen LogP contribution in [0, 0.1) is 5.92 Å². The van der Waals surface area contributed by atoms with Crippen LogP contribution in [0.1, 0.15) is 19.8 Å². The number of carbonyl (C=O) groups is 2. The van der Waals surface area contributed by atoms with Crippen molar-refractivity contribution < 1.29 is 29.3 Å². The molecule has 0 unspecified atom stereocenters. The zero-order valence-electron chi connectivity index (χ0n) is 14.2. The van der Waals surface area contributed by atoms with Crippen molar-refractivity contribution in [2.75, 3.05) is 26.3 Å². The normalized spacial score (nSPS) is 17.9. The van der Waals surface area contributed by atoms with E-state index in [1.165, 1.54) is 0 Å². The van der Waals surface area contributed by atoms with Gasteiger partial charge in [0, 0.05) is 19.0 Å². The predicted octanol–water partition coefficient (Wildman–Crippen LogP) is 2.23. The minimum Gasteiger partial charge on any atom is -0.490 e. The number of para-hydroxylation sites is 2. The van der Waals surface area contributed by atoms with Gasteiger partial charge in [0.05, 0.1) is 19.3 Å². The Labute approximate surface area is 146 Å². The first kappa shape index (κ1) is 18.6. The standard InChI is InChI=1S/C18H23NO6/c1-2-24-15-7-3-4-8-16(15)25-12-13-6-5-9-19(11-13)14(18(22)23)10-17(20)21/h3-4,7-8,10,13H,2,5-6,9,11-12H2,1H3,(H,20,21)(H,22,23)/b14-10-/t13-/m0/s1. The summed E-state index contributed by atoms with van der Waals surface area (Å²) in [4.78, 5) is 23.8. The highest BCUT2D eigenvalue weighted by molar-refractivity contribution is 5.94. The Balaban J connectivity index is 2.00. The van der Waals surface area contributed by atoms with Crippen molar-refractivity contribution in [1.29, 1.82) is 0 Å². The van der Waals surface area contributed by atoms with E-state index >= 15 is 0 Å². The van der Waals surface area contributed by atoms with Gasteiger partial charge in [0.1, 0.15) is 5.70 Å². The zero-order valence-corrected chi connectivity index (χ0v) is 14.2. The van der Waals surface area contributed by atoms with Crippen molar-refractivity contribution in [3.8, 4) is 11.5 Å². The molecule has 1 saturated heterocycles. The predicted molar refractivity (Wildman–Crippen MR) is 90.8 cm³/mol. The number of hydrogen-bond donors (Lipinski definition) is 2. The molecule has 7 heteroatoms. The van der Waals surface area contributed by atoms with Crippen LogP contribution in [-0.2, 0) is 9.59 Å². The van der Waals surface area contributed by atoms with Gasteiger partial charge in [0.15, 0.2) is 11.5 Å². The van der Waals surface area contributed by atoms with Gasteiger partial charge in [0.25, 0.3) is 0 Å². The third-order valence-electron chi connectivity index (χ3n) is 3.96. The van der Waals surface area contributed by atoms with Crippen molar-refractivity contribution in [3.63, 3.8) is 0 Å². The molecular weight excluding hydrogens is 326 g/mol. The van der Waals surface area contributed by atoms with Crippen LogP contribution < -0.4 is 9.47 Å². The lowest BCUT2D eigenvalue weighted by Crippen LogP contribution is -2.39. The number of carboxylic acid groups (broad SMARTS) is 2. The first-order chi connectivity index (χ1) is 12.0. The van der Waals surface area contributed by atoms with E-state index in [-0.39, 0.29) is 11.6 Å². The highest BCUT2D eigenvalue weighted by Gasteiger charge is 2.26. The van der Waals surface area contributed by atoms with Crippen LogP contribution in [0.5, 0.6) is 11.5 Å². The third-order valence-corrected chi connectivity index (χ3v) is 3.96. The Morgan fingerprint density at radius 2 is 1.92 bits per heavy atom. The fraction of sp³-hybridized carbons (Fsp3) is 0.444. The topological polar surface area (TPSA) is 96.3 Å². The highest BCUT2D eigenvalue weighted by atomic mass is 16.5. The quantitative estimate of drug-likeness (QED) is 0.695. The molecule has 1 aromatic rings. The number of hydrogen-bond acceptors (Lipinski definition) is 5. The van der Waals surface area contributed by atoms with Crippen LogP contribution >= 0.6 is 0 Å². The number of nitrogens with zero attached hydrogens (tertiary/aromatic N) is 1. The lowest BCUT2D eigenvalue weighted by molar-refractivity contribution is -0.136. The van der Waals surface area contributed by atoms with Crippen molar-refractivity contribution in [2.24, 2.45) is 5.92 Å². The Bertz CT molecular complexity index is 642. The molecule has 0 spiro atoms. The maximum Gasteiger partial charge on any atom is 0.352 e. The third kappa shape index (κ3) is 5.41. The van der Waals surface area contributed by atoms with Gasteiger partial charge in [-0.3, -0.25) is 0 Å². The second-order valence-corrected chi connectivity index (χ2v) is 5.82. The Hall–Kier alpha value is -2.70. The second kappa shape index (κ2) is 8.96. The lowest BCUT2D eigenvalue weighted by Gasteiger charge is -2.34. The van der Waals surface area contributed by atoms with Crippen LogP contribution in [0.25, 0.3) is 0 Å². The lowest BCUT2D eigenvalue weighted by atomic mass is 9.98. The molecule has 2 rings (SSSR count). The average Bonchev–Trinajstić information content (AvgIpc) is 2.59. The van der Waals surface area contributed by atoms with E-state index in [9.17, 15) is 14.7 Å². The van der Waals surface area contributed by atoms with Crippen LogP contribution in [-0.4, -0.2) is 53.4 Å².